The number of amides is 1. The zero-order chi connectivity index (χ0) is 16.2. The summed E-state index contributed by atoms with van der Waals surface area (Å²) in [7, 11) is 0. The van der Waals surface area contributed by atoms with Gasteiger partial charge in [0.05, 0.1) is 15.3 Å². The Morgan fingerprint density at radius 2 is 1.96 bits per heavy atom. The summed E-state index contributed by atoms with van der Waals surface area (Å²) in [6.07, 6.45) is 0. The number of benzene rings is 1. The van der Waals surface area contributed by atoms with Crippen LogP contribution in [0.4, 0.5) is 0 Å². The summed E-state index contributed by atoms with van der Waals surface area (Å²) in [5.41, 5.74) is 1.05. The average molecular weight is 391 g/mol. The Hall–Kier alpha value is -0.0700. The highest BCUT2D eigenvalue weighted by molar-refractivity contribution is 8.07. The van der Waals surface area contributed by atoms with Crippen LogP contribution in [-0.4, -0.2) is 64.4 Å². The minimum atomic E-state index is 0.155. The molecule has 0 aliphatic carbocycles. The van der Waals surface area contributed by atoms with Gasteiger partial charge >= 0.3 is 0 Å². The van der Waals surface area contributed by atoms with Crippen LogP contribution in [0.25, 0.3) is 0 Å². The highest BCUT2D eigenvalue weighted by atomic mass is 35.5. The van der Waals surface area contributed by atoms with Crippen LogP contribution in [-0.2, 0) is 11.3 Å². The lowest BCUT2D eigenvalue weighted by Crippen LogP contribution is -2.51. The van der Waals surface area contributed by atoms with Gasteiger partial charge in [-0.05, 0) is 11.6 Å². The third-order valence-electron chi connectivity index (χ3n) is 4.20. The van der Waals surface area contributed by atoms with E-state index in [9.17, 15) is 4.79 Å². The normalized spacial score (nSPS) is 23.0. The lowest BCUT2D eigenvalue weighted by molar-refractivity contribution is -0.132. The lowest BCUT2D eigenvalue weighted by atomic mass is 10.2. The molecule has 2 saturated heterocycles. The third kappa shape index (κ3) is 4.51. The number of carbonyl (C=O) groups is 1. The Labute approximate surface area is 156 Å². The van der Waals surface area contributed by atoms with E-state index in [1.807, 2.05) is 46.6 Å². The van der Waals surface area contributed by atoms with E-state index < -0.39 is 0 Å². The number of nitrogens with zero attached hydrogens (tertiary/aromatic N) is 2. The van der Waals surface area contributed by atoms with Gasteiger partial charge in [0.25, 0.3) is 0 Å². The number of halogens is 2. The second kappa shape index (κ2) is 8.34. The second-order valence-electron chi connectivity index (χ2n) is 5.75. The maximum atomic E-state index is 12.6. The van der Waals surface area contributed by atoms with Gasteiger partial charge in [-0.1, -0.05) is 35.3 Å². The molecule has 0 aromatic heterocycles. The first kappa shape index (κ1) is 17.7. The molecular weight excluding hydrogens is 371 g/mol. The average Bonchev–Trinajstić information content (AvgIpc) is 2.60. The van der Waals surface area contributed by atoms with Crippen LogP contribution in [0.1, 0.15) is 5.56 Å². The molecule has 2 aliphatic heterocycles. The summed E-state index contributed by atoms with van der Waals surface area (Å²) >= 11 is 16.0. The van der Waals surface area contributed by atoms with E-state index in [4.69, 9.17) is 23.2 Å². The molecule has 2 fully saturated rings. The Bertz CT molecular complexity index is 559. The van der Waals surface area contributed by atoms with Crippen molar-refractivity contribution in [3.8, 4) is 0 Å². The number of piperazine rings is 1. The molecule has 126 valence electrons. The molecule has 7 heteroatoms. The van der Waals surface area contributed by atoms with Gasteiger partial charge in [-0.25, -0.2) is 0 Å². The fourth-order valence-corrected chi connectivity index (χ4v) is 5.88. The van der Waals surface area contributed by atoms with Crippen molar-refractivity contribution < 1.29 is 4.79 Å². The van der Waals surface area contributed by atoms with Crippen LogP contribution >= 0.6 is 46.7 Å². The van der Waals surface area contributed by atoms with Gasteiger partial charge in [-0.15, -0.1) is 11.8 Å². The molecule has 3 rings (SSSR count). The molecule has 2 heterocycles. The van der Waals surface area contributed by atoms with Gasteiger partial charge in [0, 0.05) is 50.0 Å². The molecule has 23 heavy (non-hydrogen) atoms. The maximum absolute atomic E-state index is 12.6. The Balaban J connectivity index is 1.52. The van der Waals surface area contributed by atoms with E-state index >= 15 is 0 Å². The van der Waals surface area contributed by atoms with E-state index in [0.29, 0.717) is 16.0 Å². The first-order valence-corrected chi connectivity index (χ1v) is 10.7. The summed E-state index contributed by atoms with van der Waals surface area (Å²) in [6.45, 7) is 4.17. The quantitative estimate of drug-likeness (QED) is 0.787. The highest BCUT2D eigenvalue weighted by Gasteiger charge is 2.29. The molecule has 3 nitrogen and oxygen atoms in total. The molecule has 0 bridgehead atoms. The van der Waals surface area contributed by atoms with Gasteiger partial charge in [0.1, 0.15) is 0 Å². The molecule has 1 atom stereocenters. The van der Waals surface area contributed by atoms with Crippen LogP contribution in [0.2, 0.25) is 10.0 Å². The molecule has 1 aromatic carbocycles. The van der Waals surface area contributed by atoms with E-state index in [1.165, 1.54) is 5.75 Å². The standard InChI is InChI=1S/C16H20Cl2N2OS2/c17-13-3-1-2-12(15(13)18)10-19-4-6-20(7-5-19)16(21)14-11-22-8-9-23-14/h1-3,14H,4-11H2. The van der Waals surface area contributed by atoms with E-state index in [0.717, 1.165) is 49.8 Å². The maximum Gasteiger partial charge on any atom is 0.236 e. The molecule has 0 radical (unpaired) electrons. The van der Waals surface area contributed by atoms with Gasteiger partial charge in [-0.2, -0.15) is 11.8 Å². The van der Waals surface area contributed by atoms with Crippen molar-refractivity contribution in [3.05, 3.63) is 33.8 Å². The minimum absolute atomic E-state index is 0.155. The zero-order valence-corrected chi connectivity index (χ0v) is 16.0. The van der Waals surface area contributed by atoms with Gasteiger partial charge in [0.15, 0.2) is 0 Å². The van der Waals surface area contributed by atoms with Crippen LogP contribution in [0.5, 0.6) is 0 Å². The number of hydrogen-bond donors (Lipinski definition) is 0. The minimum Gasteiger partial charge on any atom is -0.339 e. The van der Waals surface area contributed by atoms with Gasteiger partial charge < -0.3 is 4.90 Å². The summed E-state index contributed by atoms with van der Waals surface area (Å²) in [6, 6.07) is 5.76. The molecule has 1 aromatic rings. The van der Waals surface area contributed by atoms with Crippen molar-refractivity contribution in [1.29, 1.82) is 0 Å². The molecule has 1 amide bonds. The second-order valence-corrected chi connectivity index (χ2v) is 8.99. The Kier molecular flexibility index (Phi) is 6.44. The van der Waals surface area contributed by atoms with Crippen LogP contribution in [0, 0.1) is 0 Å². The molecule has 2 aliphatic rings. The summed E-state index contributed by atoms with van der Waals surface area (Å²) in [5, 5.41) is 1.40. The zero-order valence-electron chi connectivity index (χ0n) is 12.8. The predicted octanol–water partition coefficient (Wildman–Crippen LogP) is 3.49. The monoisotopic (exact) mass is 390 g/mol. The van der Waals surface area contributed by atoms with E-state index in [2.05, 4.69) is 4.90 Å². The highest BCUT2D eigenvalue weighted by Crippen LogP contribution is 2.28. The van der Waals surface area contributed by atoms with Gasteiger partial charge in [0.2, 0.25) is 5.91 Å². The predicted molar refractivity (Wildman–Crippen MR) is 102 cm³/mol. The lowest BCUT2D eigenvalue weighted by Gasteiger charge is -2.37. The first-order chi connectivity index (χ1) is 11.1. The SMILES string of the molecule is O=C(C1CSCCS1)N1CCN(Cc2cccc(Cl)c2Cl)CC1. The summed E-state index contributed by atoms with van der Waals surface area (Å²) in [4.78, 5) is 16.9. The molecular formula is C16H20Cl2N2OS2. The van der Waals surface area contributed by atoms with Crippen LogP contribution in [0.15, 0.2) is 18.2 Å². The summed E-state index contributed by atoms with van der Waals surface area (Å²) < 4.78 is 0. The fraction of sp³-hybridized carbons (Fsp3) is 0.562. The smallest absolute Gasteiger partial charge is 0.236 e. The van der Waals surface area contributed by atoms with E-state index in [1.54, 1.807) is 0 Å². The third-order valence-corrected chi connectivity index (χ3v) is 7.80. The van der Waals surface area contributed by atoms with Crippen molar-refractivity contribution in [2.75, 3.05) is 43.4 Å². The fourth-order valence-electron chi connectivity index (χ4n) is 2.87. The van der Waals surface area contributed by atoms with Crippen molar-refractivity contribution >= 4 is 52.6 Å². The first-order valence-electron chi connectivity index (χ1n) is 7.78. The number of thioether (sulfide) groups is 2. The van der Waals surface area contributed by atoms with Crippen molar-refractivity contribution in [2.45, 2.75) is 11.8 Å². The largest absolute Gasteiger partial charge is 0.339 e. The number of carbonyl (C=O) groups excluding carboxylic acids is 1. The van der Waals surface area contributed by atoms with Crippen molar-refractivity contribution in [2.24, 2.45) is 0 Å². The number of hydrogen-bond acceptors (Lipinski definition) is 4. The topological polar surface area (TPSA) is 23.6 Å². The van der Waals surface area contributed by atoms with E-state index in [-0.39, 0.29) is 5.25 Å². The van der Waals surface area contributed by atoms with Crippen molar-refractivity contribution in [3.63, 3.8) is 0 Å². The molecule has 0 N–H and O–H groups in total. The number of rotatable bonds is 3. The van der Waals surface area contributed by atoms with Gasteiger partial charge in [-0.3, -0.25) is 9.69 Å². The molecule has 1 unspecified atom stereocenters. The van der Waals surface area contributed by atoms with Crippen LogP contribution < -0.4 is 0 Å². The van der Waals surface area contributed by atoms with Crippen LogP contribution in [0.3, 0.4) is 0 Å². The summed E-state index contributed by atoms with van der Waals surface area (Å²) in [5.74, 6) is 3.54. The molecule has 0 saturated carbocycles. The molecule has 0 spiro atoms. The van der Waals surface area contributed by atoms with Crippen molar-refractivity contribution in [1.82, 2.24) is 9.80 Å². The Morgan fingerprint density at radius 3 is 2.65 bits per heavy atom. The Morgan fingerprint density at radius 1 is 1.17 bits per heavy atom.